The van der Waals surface area contributed by atoms with E-state index in [1.807, 2.05) is 0 Å². The molecule has 0 radical (unpaired) electrons. The third-order valence-electron chi connectivity index (χ3n) is 7.71. The van der Waals surface area contributed by atoms with Gasteiger partial charge in [0.05, 0.1) is 5.57 Å². The summed E-state index contributed by atoms with van der Waals surface area (Å²) in [5.74, 6) is 1.25. The molecule has 150 valence electrons. The highest BCUT2D eigenvalue weighted by molar-refractivity contribution is 5.98. The summed E-state index contributed by atoms with van der Waals surface area (Å²) in [7, 11) is 0. The lowest BCUT2D eigenvalue weighted by Gasteiger charge is -2.61. The fourth-order valence-corrected chi connectivity index (χ4v) is 6.70. The molecule has 0 N–H and O–H groups in total. The van der Waals surface area contributed by atoms with E-state index in [9.17, 15) is 9.59 Å². The van der Waals surface area contributed by atoms with Crippen molar-refractivity contribution in [1.29, 1.82) is 0 Å². The molecule has 2 heterocycles. The standard InChI is InChI=1S/C24H30O4/c1-3-5-11-19-16-13-12-14-17(8-4-2)24(21(14)20(16)23(26)27-19)18-10-7-6-9-15(18)22(25)28-24/h11,14,17,21H,3-10,12-13H2,1-2H3/b19-11+/t14-,17+,21+,24-/m1/s1. The van der Waals surface area contributed by atoms with Gasteiger partial charge in [0.1, 0.15) is 11.4 Å². The van der Waals surface area contributed by atoms with E-state index in [2.05, 4.69) is 19.9 Å². The van der Waals surface area contributed by atoms with Gasteiger partial charge >= 0.3 is 11.9 Å². The Morgan fingerprint density at radius 3 is 2.64 bits per heavy atom. The van der Waals surface area contributed by atoms with Crippen LogP contribution in [0.25, 0.3) is 0 Å². The molecule has 0 aromatic carbocycles. The normalized spacial score (nSPS) is 37.6. The average Bonchev–Trinajstić information content (AvgIpc) is 3.19. The molecule has 4 atom stereocenters. The highest BCUT2D eigenvalue weighted by Gasteiger charge is 2.71. The molecule has 0 amide bonds. The van der Waals surface area contributed by atoms with Crippen molar-refractivity contribution in [3.05, 3.63) is 34.1 Å². The molecule has 0 aromatic heterocycles. The zero-order chi connectivity index (χ0) is 19.5. The van der Waals surface area contributed by atoms with E-state index in [0.29, 0.717) is 11.8 Å². The molecule has 0 aromatic rings. The lowest BCUT2D eigenvalue weighted by atomic mass is 9.44. The smallest absolute Gasteiger partial charge is 0.340 e. The molecule has 1 fully saturated rings. The van der Waals surface area contributed by atoms with Gasteiger partial charge in [-0.3, -0.25) is 0 Å². The summed E-state index contributed by atoms with van der Waals surface area (Å²) < 4.78 is 12.0. The number of esters is 2. The van der Waals surface area contributed by atoms with E-state index in [0.717, 1.165) is 86.7 Å². The number of hydrogen-bond donors (Lipinski definition) is 0. The van der Waals surface area contributed by atoms with Gasteiger partial charge in [-0.15, -0.1) is 0 Å². The summed E-state index contributed by atoms with van der Waals surface area (Å²) >= 11 is 0. The molecule has 0 unspecified atom stereocenters. The molecule has 5 rings (SSSR count). The molecule has 5 aliphatic rings. The maximum atomic E-state index is 12.9. The van der Waals surface area contributed by atoms with Crippen LogP contribution in [0.4, 0.5) is 0 Å². The average molecular weight is 383 g/mol. The first-order chi connectivity index (χ1) is 13.6. The minimum atomic E-state index is -0.562. The van der Waals surface area contributed by atoms with Crippen molar-refractivity contribution in [3.63, 3.8) is 0 Å². The molecule has 1 spiro atoms. The predicted octanol–water partition coefficient (Wildman–Crippen LogP) is 5.15. The maximum Gasteiger partial charge on any atom is 0.340 e. The third kappa shape index (κ3) is 2.23. The van der Waals surface area contributed by atoms with E-state index >= 15 is 0 Å². The van der Waals surface area contributed by atoms with Crippen LogP contribution < -0.4 is 0 Å². The first-order valence-corrected chi connectivity index (χ1v) is 11.2. The Kier molecular flexibility index (Phi) is 4.29. The second-order valence-electron chi connectivity index (χ2n) is 9.06. The summed E-state index contributed by atoms with van der Waals surface area (Å²) in [6.45, 7) is 4.34. The van der Waals surface area contributed by atoms with Gasteiger partial charge in [-0.2, -0.15) is 0 Å². The van der Waals surface area contributed by atoms with Crippen molar-refractivity contribution in [2.24, 2.45) is 17.8 Å². The van der Waals surface area contributed by atoms with E-state index in [1.54, 1.807) is 0 Å². The minimum absolute atomic E-state index is 0.00220. The lowest BCUT2D eigenvalue weighted by molar-refractivity contribution is -0.197. The van der Waals surface area contributed by atoms with Gasteiger partial charge in [-0.05, 0) is 68.9 Å². The summed E-state index contributed by atoms with van der Waals surface area (Å²) in [5, 5.41) is 0. The third-order valence-corrected chi connectivity index (χ3v) is 7.71. The van der Waals surface area contributed by atoms with Crippen LogP contribution >= 0.6 is 0 Å². The SMILES string of the molecule is CCC/C=C1/OC(=O)C2=C1CC[C@H]1[C@@H]2[C@@]2(OC(=O)C3=C2CCCC3)[C@H]1CCC. The number of ether oxygens (including phenoxy) is 2. The molecule has 0 bridgehead atoms. The fraction of sp³-hybridized carbons (Fsp3) is 0.667. The molecule has 1 saturated carbocycles. The molecule has 2 aliphatic heterocycles. The van der Waals surface area contributed by atoms with Crippen LogP contribution in [0.3, 0.4) is 0 Å². The van der Waals surface area contributed by atoms with Crippen LogP contribution in [0, 0.1) is 17.8 Å². The minimum Gasteiger partial charge on any atom is -0.450 e. The molecular weight excluding hydrogens is 352 g/mol. The Morgan fingerprint density at radius 2 is 1.86 bits per heavy atom. The lowest BCUT2D eigenvalue weighted by Crippen LogP contribution is -2.65. The van der Waals surface area contributed by atoms with E-state index in [4.69, 9.17) is 9.47 Å². The zero-order valence-electron chi connectivity index (χ0n) is 17.0. The molecular formula is C24H30O4. The van der Waals surface area contributed by atoms with Crippen LogP contribution in [0.1, 0.15) is 78.1 Å². The van der Waals surface area contributed by atoms with Gasteiger partial charge < -0.3 is 9.47 Å². The van der Waals surface area contributed by atoms with Gasteiger partial charge in [0.25, 0.3) is 0 Å². The van der Waals surface area contributed by atoms with Crippen molar-refractivity contribution in [2.45, 2.75) is 83.7 Å². The van der Waals surface area contributed by atoms with Crippen molar-refractivity contribution in [1.82, 2.24) is 0 Å². The van der Waals surface area contributed by atoms with Gasteiger partial charge in [0.15, 0.2) is 0 Å². The van der Waals surface area contributed by atoms with Crippen LogP contribution in [0.2, 0.25) is 0 Å². The Morgan fingerprint density at radius 1 is 1.04 bits per heavy atom. The van der Waals surface area contributed by atoms with Gasteiger partial charge in [-0.1, -0.05) is 26.7 Å². The Labute approximate surface area is 167 Å². The number of fused-ring (bicyclic) bond motifs is 4. The van der Waals surface area contributed by atoms with Crippen molar-refractivity contribution in [2.75, 3.05) is 0 Å². The van der Waals surface area contributed by atoms with Crippen LogP contribution in [0.15, 0.2) is 34.1 Å². The largest absolute Gasteiger partial charge is 0.450 e. The number of carbonyl (C=O) groups is 2. The number of rotatable bonds is 4. The summed E-state index contributed by atoms with van der Waals surface area (Å²) in [5.41, 5.74) is 3.52. The second kappa shape index (κ2) is 6.60. The molecule has 4 heteroatoms. The fourth-order valence-electron chi connectivity index (χ4n) is 6.70. The quantitative estimate of drug-likeness (QED) is 0.631. The van der Waals surface area contributed by atoms with E-state index in [1.165, 1.54) is 5.57 Å². The monoisotopic (exact) mass is 382 g/mol. The molecule has 3 aliphatic carbocycles. The Balaban J connectivity index is 1.62. The van der Waals surface area contributed by atoms with Gasteiger partial charge in [-0.25, -0.2) is 9.59 Å². The van der Waals surface area contributed by atoms with Gasteiger partial charge in [0.2, 0.25) is 0 Å². The number of allylic oxidation sites excluding steroid dienone is 2. The Bertz CT molecular complexity index is 830. The summed E-state index contributed by atoms with van der Waals surface area (Å²) in [4.78, 5) is 25.7. The highest BCUT2D eigenvalue weighted by atomic mass is 16.6. The first-order valence-electron chi connectivity index (χ1n) is 11.2. The van der Waals surface area contributed by atoms with Crippen LogP contribution in [-0.2, 0) is 19.1 Å². The van der Waals surface area contributed by atoms with Crippen molar-refractivity contribution in [3.8, 4) is 0 Å². The van der Waals surface area contributed by atoms with Crippen LogP contribution in [-0.4, -0.2) is 17.5 Å². The summed E-state index contributed by atoms with van der Waals surface area (Å²) in [6, 6.07) is 0. The number of cyclic esters (lactones) is 1. The predicted molar refractivity (Wildman–Crippen MR) is 105 cm³/mol. The van der Waals surface area contributed by atoms with Crippen molar-refractivity contribution < 1.29 is 19.1 Å². The van der Waals surface area contributed by atoms with Crippen molar-refractivity contribution >= 4 is 11.9 Å². The number of carbonyl (C=O) groups excluding carboxylic acids is 2. The zero-order valence-corrected chi connectivity index (χ0v) is 17.0. The number of hydrogen-bond acceptors (Lipinski definition) is 4. The molecule has 0 saturated heterocycles. The molecule has 28 heavy (non-hydrogen) atoms. The van der Waals surface area contributed by atoms with Crippen LogP contribution in [0.5, 0.6) is 0 Å². The summed E-state index contributed by atoms with van der Waals surface area (Å²) in [6.07, 6.45) is 12.1. The Hall–Kier alpha value is -1.84. The number of unbranched alkanes of at least 4 members (excludes halogenated alkanes) is 1. The topological polar surface area (TPSA) is 52.6 Å². The molecule has 4 nitrogen and oxygen atoms in total. The second-order valence-corrected chi connectivity index (χ2v) is 9.06. The van der Waals surface area contributed by atoms with E-state index < -0.39 is 5.60 Å². The van der Waals surface area contributed by atoms with E-state index in [-0.39, 0.29) is 17.9 Å². The van der Waals surface area contributed by atoms with Gasteiger partial charge in [0, 0.05) is 23.0 Å². The highest BCUT2D eigenvalue weighted by Crippen LogP contribution is 2.68. The first kappa shape index (κ1) is 18.2. The maximum absolute atomic E-state index is 12.9.